The summed E-state index contributed by atoms with van der Waals surface area (Å²) in [4.78, 5) is 6.95. The van der Waals surface area contributed by atoms with E-state index in [4.69, 9.17) is 0 Å². The first-order valence-electron chi connectivity index (χ1n) is 6.84. The molecule has 0 bridgehead atoms. The van der Waals surface area contributed by atoms with Gasteiger partial charge in [-0.15, -0.1) is 0 Å². The molecule has 100 valence electrons. The van der Waals surface area contributed by atoms with Gasteiger partial charge in [0.25, 0.3) is 0 Å². The number of halogens is 1. The first-order chi connectivity index (χ1) is 8.78. The average molecular weight is 312 g/mol. The Morgan fingerprint density at radius 2 is 2.17 bits per heavy atom. The van der Waals surface area contributed by atoms with Crippen molar-refractivity contribution in [3.05, 3.63) is 28.5 Å². The molecule has 1 aromatic rings. The van der Waals surface area contributed by atoms with Crippen molar-refractivity contribution in [1.29, 1.82) is 0 Å². The van der Waals surface area contributed by atoms with E-state index >= 15 is 0 Å². The molecule has 0 aromatic carbocycles. The lowest BCUT2D eigenvalue weighted by Crippen LogP contribution is -2.42. The van der Waals surface area contributed by atoms with E-state index < -0.39 is 0 Å². The molecule has 0 spiro atoms. The molecular formula is C14H22BrN3. The quantitative estimate of drug-likeness (QED) is 0.906. The standard InChI is InChI=1S/C14H22BrN3/c1-2-7-18-8-5-13(6-9-18)17-11-14-4-3-12(15)10-16-14/h3-4,10,13,17H,2,5-9,11H2,1H3. The number of aromatic nitrogens is 1. The van der Waals surface area contributed by atoms with Gasteiger partial charge in [0, 0.05) is 23.3 Å². The zero-order chi connectivity index (χ0) is 12.8. The van der Waals surface area contributed by atoms with Gasteiger partial charge in [0.15, 0.2) is 0 Å². The molecule has 1 saturated heterocycles. The monoisotopic (exact) mass is 311 g/mol. The molecule has 1 aromatic heterocycles. The van der Waals surface area contributed by atoms with E-state index in [1.165, 1.54) is 38.9 Å². The van der Waals surface area contributed by atoms with Crippen molar-refractivity contribution in [2.24, 2.45) is 0 Å². The number of hydrogen-bond acceptors (Lipinski definition) is 3. The predicted octanol–water partition coefficient (Wildman–Crippen LogP) is 2.81. The summed E-state index contributed by atoms with van der Waals surface area (Å²) in [6.45, 7) is 6.86. The van der Waals surface area contributed by atoms with Gasteiger partial charge in [-0.2, -0.15) is 0 Å². The zero-order valence-corrected chi connectivity index (χ0v) is 12.6. The van der Waals surface area contributed by atoms with Crippen LogP contribution >= 0.6 is 15.9 Å². The van der Waals surface area contributed by atoms with Gasteiger partial charge in [-0.25, -0.2) is 0 Å². The lowest BCUT2D eigenvalue weighted by molar-refractivity contribution is 0.197. The molecule has 1 N–H and O–H groups in total. The van der Waals surface area contributed by atoms with Crippen LogP contribution in [0, 0.1) is 0 Å². The molecule has 0 atom stereocenters. The smallest absolute Gasteiger partial charge is 0.0542 e. The topological polar surface area (TPSA) is 28.2 Å². The van der Waals surface area contributed by atoms with Crippen LogP contribution in [-0.2, 0) is 6.54 Å². The van der Waals surface area contributed by atoms with Crippen molar-refractivity contribution in [3.63, 3.8) is 0 Å². The SMILES string of the molecule is CCCN1CCC(NCc2ccc(Br)cn2)CC1. The third kappa shape index (κ3) is 4.34. The molecule has 1 aliphatic rings. The van der Waals surface area contributed by atoms with Crippen LogP contribution < -0.4 is 5.32 Å². The van der Waals surface area contributed by atoms with Gasteiger partial charge < -0.3 is 10.2 Å². The number of nitrogens with zero attached hydrogens (tertiary/aromatic N) is 2. The maximum atomic E-state index is 4.39. The highest BCUT2D eigenvalue weighted by molar-refractivity contribution is 9.10. The summed E-state index contributed by atoms with van der Waals surface area (Å²) in [5.74, 6) is 0. The lowest BCUT2D eigenvalue weighted by Gasteiger charge is -2.32. The number of hydrogen-bond donors (Lipinski definition) is 1. The molecule has 1 fully saturated rings. The molecule has 0 saturated carbocycles. The second kappa shape index (κ2) is 7.22. The van der Waals surface area contributed by atoms with Gasteiger partial charge in [0.1, 0.15) is 0 Å². The summed E-state index contributed by atoms with van der Waals surface area (Å²) in [6, 6.07) is 4.78. The Labute approximate surface area is 118 Å². The highest BCUT2D eigenvalue weighted by atomic mass is 79.9. The van der Waals surface area contributed by atoms with Crippen LogP contribution in [-0.4, -0.2) is 35.6 Å². The van der Waals surface area contributed by atoms with Gasteiger partial charge in [0.2, 0.25) is 0 Å². The molecule has 0 unspecified atom stereocenters. The average Bonchev–Trinajstić information content (AvgIpc) is 2.40. The molecule has 0 aliphatic carbocycles. The van der Waals surface area contributed by atoms with E-state index in [1.54, 1.807) is 0 Å². The minimum absolute atomic E-state index is 0.656. The van der Waals surface area contributed by atoms with Gasteiger partial charge >= 0.3 is 0 Å². The van der Waals surface area contributed by atoms with Crippen molar-refractivity contribution < 1.29 is 0 Å². The zero-order valence-electron chi connectivity index (χ0n) is 11.0. The molecule has 1 aliphatic heterocycles. The Morgan fingerprint density at radius 1 is 1.39 bits per heavy atom. The molecule has 2 heterocycles. The van der Waals surface area contributed by atoms with Gasteiger partial charge in [-0.05, 0) is 67.0 Å². The van der Waals surface area contributed by atoms with E-state index in [2.05, 4.69) is 44.1 Å². The van der Waals surface area contributed by atoms with Crippen molar-refractivity contribution >= 4 is 15.9 Å². The Kier molecular flexibility index (Phi) is 5.60. The normalized spacial score (nSPS) is 18.1. The molecule has 18 heavy (non-hydrogen) atoms. The van der Waals surface area contributed by atoms with Crippen molar-refractivity contribution in [3.8, 4) is 0 Å². The van der Waals surface area contributed by atoms with Crippen LogP contribution in [0.3, 0.4) is 0 Å². The summed E-state index contributed by atoms with van der Waals surface area (Å²) >= 11 is 3.41. The minimum atomic E-state index is 0.656. The maximum absolute atomic E-state index is 4.39. The van der Waals surface area contributed by atoms with Gasteiger partial charge in [-0.3, -0.25) is 4.98 Å². The Hall–Kier alpha value is -0.450. The number of piperidine rings is 1. The Balaban J connectivity index is 1.70. The number of nitrogens with one attached hydrogen (secondary N) is 1. The van der Waals surface area contributed by atoms with E-state index in [0.29, 0.717) is 6.04 Å². The number of likely N-dealkylation sites (tertiary alicyclic amines) is 1. The summed E-state index contributed by atoms with van der Waals surface area (Å²) in [5, 5.41) is 3.62. The molecule has 3 nitrogen and oxygen atoms in total. The lowest BCUT2D eigenvalue weighted by atomic mass is 10.0. The highest BCUT2D eigenvalue weighted by Gasteiger charge is 2.17. The highest BCUT2D eigenvalue weighted by Crippen LogP contribution is 2.12. The first-order valence-corrected chi connectivity index (χ1v) is 7.63. The first kappa shape index (κ1) is 14.0. The van der Waals surface area contributed by atoms with Crippen LogP contribution in [0.1, 0.15) is 31.9 Å². The Morgan fingerprint density at radius 3 is 2.78 bits per heavy atom. The summed E-state index contributed by atoms with van der Waals surface area (Å²) in [7, 11) is 0. The third-order valence-electron chi connectivity index (χ3n) is 3.49. The van der Waals surface area contributed by atoms with Crippen molar-refractivity contribution in [2.45, 2.75) is 38.8 Å². The maximum Gasteiger partial charge on any atom is 0.0542 e. The van der Waals surface area contributed by atoms with Gasteiger partial charge in [-0.1, -0.05) is 6.92 Å². The molecule has 0 radical (unpaired) electrons. The van der Waals surface area contributed by atoms with E-state index in [9.17, 15) is 0 Å². The predicted molar refractivity (Wildman–Crippen MR) is 78.5 cm³/mol. The van der Waals surface area contributed by atoms with Gasteiger partial charge in [0.05, 0.1) is 5.69 Å². The number of rotatable bonds is 5. The second-order valence-electron chi connectivity index (χ2n) is 4.96. The minimum Gasteiger partial charge on any atom is -0.308 e. The fourth-order valence-corrected chi connectivity index (χ4v) is 2.67. The fourth-order valence-electron chi connectivity index (χ4n) is 2.44. The fraction of sp³-hybridized carbons (Fsp3) is 0.643. The van der Waals surface area contributed by atoms with Crippen LogP contribution in [0.25, 0.3) is 0 Å². The molecular weight excluding hydrogens is 290 g/mol. The third-order valence-corrected chi connectivity index (χ3v) is 3.96. The van der Waals surface area contributed by atoms with E-state index in [1.807, 2.05) is 12.3 Å². The second-order valence-corrected chi connectivity index (χ2v) is 5.88. The Bertz CT molecular complexity index is 345. The van der Waals surface area contributed by atoms with E-state index in [0.717, 1.165) is 16.7 Å². The van der Waals surface area contributed by atoms with Crippen molar-refractivity contribution in [2.75, 3.05) is 19.6 Å². The van der Waals surface area contributed by atoms with E-state index in [-0.39, 0.29) is 0 Å². The number of pyridine rings is 1. The van der Waals surface area contributed by atoms with Crippen LogP contribution in [0.2, 0.25) is 0 Å². The largest absolute Gasteiger partial charge is 0.308 e. The molecule has 4 heteroatoms. The van der Waals surface area contributed by atoms with Crippen molar-refractivity contribution in [1.82, 2.24) is 15.2 Å². The summed E-state index contributed by atoms with van der Waals surface area (Å²) in [5.41, 5.74) is 1.12. The summed E-state index contributed by atoms with van der Waals surface area (Å²) in [6.07, 6.45) is 5.65. The molecule has 0 amide bonds. The summed E-state index contributed by atoms with van der Waals surface area (Å²) < 4.78 is 1.04. The van der Waals surface area contributed by atoms with Crippen LogP contribution in [0.5, 0.6) is 0 Å². The van der Waals surface area contributed by atoms with Crippen LogP contribution in [0.4, 0.5) is 0 Å². The van der Waals surface area contributed by atoms with Crippen LogP contribution in [0.15, 0.2) is 22.8 Å². The molecule has 2 rings (SSSR count).